The number of hydrogen-bond acceptors (Lipinski definition) is 7. The van der Waals surface area contributed by atoms with E-state index in [0.717, 1.165) is 29.9 Å². The van der Waals surface area contributed by atoms with Gasteiger partial charge in [0.1, 0.15) is 0 Å². The third kappa shape index (κ3) is 11.2. The highest BCUT2D eigenvalue weighted by molar-refractivity contribution is 6.02. The van der Waals surface area contributed by atoms with Crippen LogP contribution in [-0.2, 0) is 19.1 Å². The summed E-state index contributed by atoms with van der Waals surface area (Å²) < 4.78 is 10.5. The molecular formula is C35H51N3O6. The van der Waals surface area contributed by atoms with Gasteiger partial charge in [0, 0.05) is 18.8 Å². The van der Waals surface area contributed by atoms with Crippen LogP contribution in [0.2, 0.25) is 0 Å². The molecule has 9 nitrogen and oxygen atoms in total. The summed E-state index contributed by atoms with van der Waals surface area (Å²) in [6, 6.07) is 13.3. The fourth-order valence-electron chi connectivity index (χ4n) is 5.60. The summed E-state index contributed by atoms with van der Waals surface area (Å²) >= 11 is 0. The van der Waals surface area contributed by atoms with E-state index in [4.69, 9.17) is 9.47 Å². The molecule has 242 valence electrons. The van der Waals surface area contributed by atoms with Crippen LogP contribution in [0.15, 0.2) is 42.5 Å². The van der Waals surface area contributed by atoms with Gasteiger partial charge >= 0.3 is 18.0 Å². The third-order valence-corrected chi connectivity index (χ3v) is 7.92. The minimum atomic E-state index is -0.458. The number of aliphatic hydroxyl groups is 1. The van der Waals surface area contributed by atoms with Crippen molar-refractivity contribution in [2.75, 3.05) is 35.4 Å². The number of ether oxygens (including phenoxy) is 2. The summed E-state index contributed by atoms with van der Waals surface area (Å²) in [5, 5.41) is 15.6. The summed E-state index contributed by atoms with van der Waals surface area (Å²) in [5.41, 5.74) is 4.31. The first-order chi connectivity index (χ1) is 20.9. The van der Waals surface area contributed by atoms with Gasteiger partial charge in [-0.15, -0.1) is 0 Å². The zero-order valence-electron chi connectivity index (χ0n) is 27.2. The second kappa shape index (κ2) is 17.0. The van der Waals surface area contributed by atoms with Crippen molar-refractivity contribution in [3.63, 3.8) is 0 Å². The summed E-state index contributed by atoms with van der Waals surface area (Å²) in [6.45, 7) is 13.9. The van der Waals surface area contributed by atoms with Crippen LogP contribution in [0.5, 0.6) is 0 Å². The zero-order chi connectivity index (χ0) is 32.2. The molecular weight excluding hydrogens is 558 g/mol. The number of nitrogens with zero attached hydrogens (tertiary/aromatic N) is 1. The number of esters is 2. The van der Waals surface area contributed by atoms with Gasteiger partial charge < -0.3 is 30.1 Å². The molecule has 0 saturated heterocycles. The SMILES string of the molecule is CC[C@@H](CC(=O)OCOC(=O)[C@H]1CC[C@H](O)CC1)c1ccc(N(CC(C)C)CC(C)C)c(NC(=O)Nc2ccc(C)cc2)c1. The number of carbonyl (C=O) groups excluding carboxylic acids is 3. The van der Waals surface area contributed by atoms with Gasteiger partial charge in [-0.25, -0.2) is 4.79 Å². The van der Waals surface area contributed by atoms with Gasteiger partial charge in [-0.3, -0.25) is 9.59 Å². The molecule has 0 aliphatic heterocycles. The first-order valence-electron chi connectivity index (χ1n) is 16.0. The molecule has 2 aromatic carbocycles. The lowest BCUT2D eigenvalue weighted by Crippen LogP contribution is -2.32. The van der Waals surface area contributed by atoms with Crippen molar-refractivity contribution in [3.05, 3.63) is 53.6 Å². The number of benzene rings is 2. The minimum Gasteiger partial charge on any atom is -0.428 e. The van der Waals surface area contributed by atoms with Crippen LogP contribution < -0.4 is 15.5 Å². The molecule has 0 unspecified atom stereocenters. The second-order valence-electron chi connectivity index (χ2n) is 12.8. The summed E-state index contributed by atoms with van der Waals surface area (Å²) in [6.07, 6.45) is 2.74. The number of rotatable bonds is 14. The Morgan fingerprint density at radius 2 is 1.55 bits per heavy atom. The Hall–Kier alpha value is -3.59. The van der Waals surface area contributed by atoms with Crippen LogP contribution in [0, 0.1) is 24.7 Å². The summed E-state index contributed by atoms with van der Waals surface area (Å²) in [5.74, 6) is -0.435. The fourth-order valence-corrected chi connectivity index (χ4v) is 5.60. The average Bonchev–Trinajstić information content (AvgIpc) is 2.96. The van der Waals surface area contributed by atoms with Gasteiger partial charge in [-0.05, 0) is 86.6 Å². The predicted molar refractivity (Wildman–Crippen MR) is 175 cm³/mol. The topological polar surface area (TPSA) is 117 Å². The normalized spacial score (nSPS) is 17.2. The van der Waals surface area contributed by atoms with E-state index in [1.54, 1.807) is 0 Å². The van der Waals surface area contributed by atoms with E-state index in [-0.39, 0.29) is 36.4 Å². The van der Waals surface area contributed by atoms with E-state index >= 15 is 0 Å². The Kier molecular flexibility index (Phi) is 13.5. The molecule has 2 amide bonds. The molecule has 44 heavy (non-hydrogen) atoms. The van der Waals surface area contributed by atoms with Gasteiger partial charge in [0.15, 0.2) is 0 Å². The summed E-state index contributed by atoms with van der Waals surface area (Å²) in [4.78, 5) is 40.5. The lowest BCUT2D eigenvalue weighted by molar-refractivity contribution is -0.171. The van der Waals surface area contributed by atoms with Crippen LogP contribution >= 0.6 is 0 Å². The van der Waals surface area contributed by atoms with Crippen LogP contribution in [0.3, 0.4) is 0 Å². The van der Waals surface area contributed by atoms with Crippen molar-refractivity contribution < 1.29 is 29.0 Å². The first kappa shape index (κ1) is 34.9. The van der Waals surface area contributed by atoms with Gasteiger partial charge in [0.2, 0.25) is 6.79 Å². The molecule has 0 spiro atoms. The van der Waals surface area contributed by atoms with Gasteiger partial charge in [-0.2, -0.15) is 0 Å². The van der Waals surface area contributed by atoms with Crippen LogP contribution in [0.25, 0.3) is 0 Å². The molecule has 3 rings (SSSR count). The Morgan fingerprint density at radius 1 is 0.909 bits per heavy atom. The highest BCUT2D eigenvalue weighted by atomic mass is 16.7. The highest BCUT2D eigenvalue weighted by Crippen LogP contribution is 2.34. The number of urea groups is 1. The van der Waals surface area contributed by atoms with Gasteiger partial charge in [-0.1, -0.05) is 58.4 Å². The number of hydrogen-bond donors (Lipinski definition) is 3. The number of amides is 2. The van der Waals surface area contributed by atoms with Crippen molar-refractivity contribution in [2.45, 2.75) is 92.1 Å². The van der Waals surface area contributed by atoms with E-state index < -0.39 is 12.8 Å². The molecule has 1 aliphatic rings. The Balaban J connectivity index is 1.73. The van der Waals surface area contributed by atoms with E-state index in [1.807, 2.05) is 56.3 Å². The maximum absolute atomic E-state index is 13.1. The lowest BCUT2D eigenvalue weighted by atomic mass is 9.88. The number of carbonyl (C=O) groups is 3. The number of anilines is 3. The maximum atomic E-state index is 13.1. The van der Waals surface area contributed by atoms with Crippen molar-refractivity contribution in [1.82, 2.24) is 0 Å². The fraction of sp³-hybridized carbons (Fsp3) is 0.571. The number of aryl methyl sites for hydroxylation is 1. The Bertz CT molecular complexity index is 1210. The smallest absolute Gasteiger partial charge is 0.323 e. The van der Waals surface area contributed by atoms with Crippen molar-refractivity contribution >= 4 is 35.0 Å². The van der Waals surface area contributed by atoms with Gasteiger partial charge in [0.05, 0.1) is 29.8 Å². The minimum absolute atomic E-state index is 0.111. The Labute approximate surface area is 262 Å². The molecule has 3 N–H and O–H groups in total. The van der Waals surface area contributed by atoms with E-state index in [2.05, 4.69) is 43.2 Å². The molecule has 1 atom stereocenters. The molecule has 1 aliphatic carbocycles. The molecule has 0 radical (unpaired) electrons. The quantitative estimate of drug-likeness (QED) is 0.153. The second-order valence-corrected chi connectivity index (χ2v) is 12.8. The maximum Gasteiger partial charge on any atom is 0.323 e. The predicted octanol–water partition coefficient (Wildman–Crippen LogP) is 7.24. The van der Waals surface area contributed by atoms with Crippen LogP contribution in [0.4, 0.5) is 21.9 Å². The van der Waals surface area contributed by atoms with Crippen LogP contribution in [-0.4, -0.2) is 49.1 Å². The van der Waals surface area contributed by atoms with Crippen molar-refractivity contribution in [1.29, 1.82) is 0 Å². The van der Waals surface area contributed by atoms with E-state index in [0.29, 0.717) is 55.3 Å². The largest absolute Gasteiger partial charge is 0.428 e. The lowest BCUT2D eigenvalue weighted by Gasteiger charge is -2.31. The molecule has 9 heteroatoms. The molecule has 2 aromatic rings. The summed E-state index contributed by atoms with van der Waals surface area (Å²) in [7, 11) is 0. The van der Waals surface area contributed by atoms with Crippen LogP contribution in [0.1, 0.15) is 90.2 Å². The third-order valence-electron chi connectivity index (χ3n) is 7.92. The average molecular weight is 610 g/mol. The monoisotopic (exact) mass is 609 g/mol. The van der Waals surface area contributed by atoms with Gasteiger partial charge in [0.25, 0.3) is 0 Å². The zero-order valence-corrected chi connectivity index (χ0v) is 27.2. The first-order valence-corrected chi connectivity index (χ1v) is 16.0. The number of aliphatic hydroxyl groups excluding tert-OH is 1. The Morgan fingerprint density at radius 3 is 2.14 bits per heavy atom. The van der Waals surface area contributed by atoms with E-state index in [1.165, 1.54) is 0 Å². The van der Waals surface area contributed by atoms with Crippen molar-refractivity contribution in [2.24, 2.45) is 17.8 Å². The molecule has 0 bridgehead atoms. The highest BCUT2D eigenvalue weighted by Gasteiger charge is 2.27. The molecule has 0 heterocycles. The standard InChI is InChI=1S/C35H51N3O6/c1-7-26(19-33(40)43-22-44-34(41)27-10-15-30(39)16-11-27)28-12-17-32(38(20-23(2)3)21-24(4)5)31(18-28)37-35(42)36-29-13-8-25(6)9-14-29/h8-9,12-14,17-18,23-24,26-27,30,39H,7,10-11,15-16,19-22H2,1-6H3,(H2,36,37,42)/t26-,27-,30-/m0/s1. The molecule has 0 aromatic heterocycles. The van der Waals surface area contributed by atoms with E-state index in [9.17, 15) is 19.5 Å². The molecule has 1 fully saturated rings. The number of nitrogens with one attached hydrogen (secondary N) is 2. The van der Waals surface area contributed by atoms with Crippen molar-refractivity contribution in [3.8, 4) is 0 Å². The molecule has 1 saturated carbocycles.